The summed E-state index contributed by atoms with van der Waals surface area (Å²) in [4.78, 5) is 19.9. The van der Waals surface area contributed by atoms with Gasteiger partial charge < -0.3 is 21.1 Å². The van der Waals surface area contributed by atoms with E-state index in [0.29, 0.717) is 17.0 Å². The van der Waals surface area contributed by atoms with Gasteiger partial charge in [0.15, 0.2) is 0 Å². The highest BCUT2D eigenvalue weighted by Crippen LogP contribution is 2.28. The van der Waals surface area contributed by atoms with Crippen molar-refractivity contribution in [1.82, 2.24) is 10.3 Å². The van der Waals surface area contributed by atoms with Gasteiger partial charge in [-0.25, -0.2) is 0 Å². The Kier molecular flexibility index (Phi) is 3.99. The molecule has 0 spiro atoms. The number of anilines is 1. The minimum atomic E-state index is -0.612. The topological polar surface area (TPSA) is 102 Å². The van der Waals surface area contributed by atoms with Crippen LogP contribution in [0.5, 0.6) is 5.88 Å². The molecule has 0 fully saturated rings. The number of allylic oxidation sites excluding steroid dienone is 1. The number of amides is 1. The quantitative estimate of drug-likeness (QED) is 0.750. The van der Waals surface area contributed by atoms with Crippen molar-refractivity contribution in [3.63, 3.8) is 0 Å². The van der Waals surface area contributed by atoms with Gasteiger partial charge in [-0.05, 0) is 6.07 Å². The molecule has 2 rings (SSSR count). The number of hydrogen-bond acceptors (Lipinski definition) is 6. The largest absolute Gasteiger partial charge is 0.480 e. The number of carbonyl (C=O) groups excluding carboxylic acids is 1. The lowest BCUT2D eigenvalue weighted by Crippen LogP contribution is -2.17. The van der Waals surface area contributed by atoms with Crippen LogP contribution in [0.15, 0.2) is 29.7 Å². The van der Waals surface area contributed by atoms with Gasteiger partial charge in [0.25, 0.3) is 5.91 Å². The van der Waals surface area contributed by atoms with E-state index in [-0.39, 0.29) is 11.4 Å². The molecule has 1 aliphatic heterocycles. The standard InChI is InChI=1S/C13H15N5O2/c1-15-10-5-9(8-6-16-3-4-17-7-8)11(12(14)19)13(18-10)20-2/h3-7,16H,1-2H3,(H2,14,19)(H,15,18). The Bertz CT molecular complexity index is 619. The average molecular weight is 273 g/mol. The van der Waals surface area contributed by atoms with Crippen molar-refractivity contribution in [2.45, 2.75) is 0 Å². The van der Waals surface area contributed by atoms with Gasteiger partial charge in [-0.2, -0.15) is 4.98 Å². The van der Waals surface area contributed by atoms with Crippen LogP contribution in [0, 0.1) is 0 Å². The number of carbonyl (C=O) groups is 1. The molecule has 7 nitrogen and oxygen atoms in total. The molecule has 0 radical (unpaired) electrons. The van der Waals surface area contributed by atoms with Crippen molar-refractivity contribution in [3.8, 4) is 5.88 Å². The zero-order valence-electron chi connectivity index (χ0n) is 11.2. The SMILES string of the molecule is CNc1cc(C2=CNC=CN=C2)c(C(N)=O)c(OC)n1. The number of ether oxygens (including phenoxy) is 1. The number of nitrogens with one attached hydrogen (secondary N) is 2. The molecule has 0 saturated carbocycles. The first-order valence-electron chi connectivity index (χ1n) is 5.88. The third-order valence-corrected chi connectivity index (χ3v) is 2.70. The Morgan fingerprint density at radius 1 is 1.50 bits per heavy atom. The van der Waals surface area contributed by atoms with E-state index in [1.165, 1.54) is 7.11 Å². The van der Waals surface area contributed by atoms with Crippen LogP contribution in [0.2, 0.25) is 0 Å². The Hall–Kier alpha value is -2.83. The highest BCUT2D eigenvalue weighted by molar-refractivity contribution is 6.15. The second-order valence-electron chi connectivity index (χ2n) is 3.91. The first kappa shape index (κ1) is 13.6. The molecular weight excluding hydrogens is 258 g/mol. The van der Waals surface area contributed by atoms with Crippen molar-refractivity contribution in [2.24, 2.45) is 10.7 Å². The first-order chi connectivity index (χ1) is 9.67. The van der Waals surface area contributed by atoms with Gasteiger partial charge in [-0.15, -0.1) is 0 Å². The zero-order valence-corrected chi connectivity index (χ0v) is 11.2. The maximum Gasteiger partial charge on any atom is 0.254 e. The van der Waals surface area contributed by atoms with Gasteiger partial charge in [0.2, 0.25) is 5.88 Å². The Morgan fingerprint density at radius 3 is 2.95 bits per heavy atom. The van der Waals surface area contributed by atoms with Crippen molar-refractivity contribution in [3.05, 3.63) is 35.8 Å². The van der Waals surface area contributed by atoms with Crippen LogP contribution in [-0.4, -0.2) is 31.3 Å². The van der Waals surface area contributed by atoms with E-state index in [2.05, 4.69) is 20.6 Å². The van der Waals surface area contributed by atoms with E-state index in [0.717, 1.165) is 0 Å². The highest BCUT2D eigenvalue weighted by Gasteiger charge is 2.20. The number of aromatic nitrogens is 1. The minimum Gasteiger partial charge on any atom is -0.480 e. The normalized spacial score (nSPS) is 13.2. The van der Waals surface area contributed by atoms with Crippen LogP contribution in [0.25, 0.3) is 5.57 Å². The number of nitrogens with zero attached hydrogens (tertiary/aromatic N) is 2. The Morgan fingerprint density at radius 2 is 2.30 bits per heavy atom. The summed E-state index contributed by atoms with van der Waals surface area (Å²) >= 11 is 0. The molecule has 1 aliphatic rings. The maximum atomic E-state index is 11.7. The van der Waals surface area contributed by atoms with Gasteiger partial charge in [-0.3, -0.25) is 9.79 Å². The number of primary amides is 1. The number of nitrogens with two attached hydrogens (primary N) is 1. The van der Waals surface area contributed by atoms with Crippen molar-refractivity contribution >= 4 is 23.5 Å². The van der Waals surface area contributed by atoms with Gasteiger partial charge in [-0.1, -0.05) is 0 Å². The van der Waals surface area contributed by atoms with Crippen LogP contribution in [0.3, 0.4) is 0 Å². The molecule has 0 saturated heterocycles. The van der Waals surface area contributed by atoms with E-state index in [9.17, 15) is 4.79 Å². The molecule has 2 heterocycles. The number of rotatable bonds is 4. The Balaban J connectivity index is 2.65. The van der Waals surface area contributed by atoms with Gasteiger partial charge in [0.05, 0.1) is 7.11 Å². The second kappa shape index (κ2) is 5.87. The minimum absolute atomic E-state index is 0.172. The molecular formula is C13H15N5O2. The molecule has 1 aromatic heterocycles. The summed E-state index contributed by atoms with van der Waals surface area (Å²) in [7, 11) is 3.16. The van der Waals surface area contributed by atoms with Crippen LogP contribution < -0.4 is 21.1 Å². The van der Waals surface area contributed by atoms with Gasteiger partial charge in [0, 0.05) is 43.0 Å². The molecule has 0 aromatic carbocycles. The molecule has 104 valence electrons. The van der Waals surface area contributed by atoms with Gasteiger partial charge >= 0.3 is 0 Å². The first-order valence-corrected chi connectivity index (χ1v) is 5.88. The maximum absolute atomic E-state index is 11.7. The zero-order chi connectivity index (χ0) is 14.5. The molecule has 0 bridgehead atoms. The van der Waals surface area contributed by atoms with E-state index < -0.39 is 5.91 Å². The van der Waals surface area contributed by atoms with E-state index in [1.807, 2.05) is 0 Å². The summed E-state index contributed by atoms with van der Waals surface area (Å²) in [6.07, 6.45) is 6.61. The van der Waals surface area contributed by atoms with Crippen molar-refractivity contribution < 1.29 is 9.53 Å². The molecule has 20 heavy (non-hydrogen) atoms. The predicted octanol–water partition coefficient (Wildman–Crippen LogP) is 0.717. The number of pyridine rings is 1. The third kappa shape index (κ3) is 2.61. The van der Waals surface area contributed by atoms with Crippen LogP contribution >= 0.6 is 0 Å². The molecule has 7 heteroatoms. The molecule has 0 atom stereocenters. The smallest absolute Gasteiger partial charge is 0.254 e. The lowest BCUT2D eigenvalue weighted by atomic mass is 10.0. The summed E-state index contributed by atoms with van der Waals surface area (Å²) in [6.45, 7) is 0. The van der Waals surface area contributed by atoms with Gasteiger partial charge in [0.1, 0.15) is 11.4 Å². The highest BCUT2D eigenvalue weighted by atomic mass is 16.5. The van der Waals surface area contributed by atoms with E-state index in [1.54, 1.807) is 37.9 Å². The average Bonchev–Trinajstić information content (AvgIpc) is 2.74. The number of aliphatic imine (C=N–C) groups is 1. The summed E-state index contributed by atoms with van der Waals surface area (Å²) in [5.74, 6) is 0.123. The Labute approximate surface area is 116 Å². The summed E-state index contributed by atoms with van der Waals surface area (Å²) in [6, 6.07) is 1.72. The number of methoxy groups -OCH3 is 1. The van der Waals surface area contributed by atoms with E-state index >= 15 is 0 Å². The third-order valence-electron chi connectivity index (χ3n) is 2.70. The second-order valence-corrected chi connectivity index (χ2v) is 3.91. The monoisotopic (exact) mass is 273 g/mol. The fourth-order valence-corrected chi connectivity index (χ4v) is 1.80. The summed E-state index contributed by atoms with van der Waals surface area (Å²) in [5.41, 5.74) is 6.94. The summed E-state index contributed by atoms with van der Waals surface area (Å²) in [5, 5.41) is 5.85. The fourth-order valence-electron chi connectivity index (χ4n) is 1.80. The molecule has 0 unspecified atom stereocenters. The fraction of sp³-hybridized carbons (Fsp3) is 0.154. The van der Waals surface area contributed by atoms with Crippen LogP contribution in [-0.2, 0) is 0 Å². The van der Waals surface area contributed by atoms with Crippen molar-refractivity contribution in [2.75, 3.05) is 19.5 Å². The van der Waals surface area contributed by atoms with E-state index in [4.69, 9.17) is 10.5 Å². The molecule has 0 aliphatic carbocycles. The van der Waals surface area contributed by atoms with Crippen molar-refractivity contribution in [1.29, 1.82) is 0 Å². The van der Waals surface area contributed by atoms with Crippen LogP contribution in [0.4, 0.5) is 5.82 Å². The summed E-state index contributed by atoms with van der Waals surface area (Å²) < 4.78 is 5.15. The predicted molar refractivity (Wildman–Crippen MR) is 77.6 cm³/mol. The lowest BCUT2D eigenvalue weighted by Gasteiger charge is -2.13. The van der Waals surface area contributed by atoms with Crippen LogP contribution in [0.1, 0.15) is 15.9 Å². The number of hydrogen-bond donors (Lipinski definition) is 3. The lowest BCUT2D eigenvalue weighted by molar-refractivity contribution is 0.0996. The molecule has 1 aromatic rings. The molecule has 4 N–H and O–H groups in total. The molecule has 1 amide bonds.